The third-order valence-corrected chi connectivity index (χ3v) is 7.95. The molecule has 1 saturated heterocycles. The number of aryl methyl sites for hydroxylation is 1. The number of unbranched alkanes of at least 4 members (excludes halogenated alkanes) is 6. The predicted octanol–water partition coefficient (Wildman–Crippen LogP) is 10.5. The van der Waals surface area contributed by atoms with E-state index >= 15 is 8.78 Å². The molecule has 0 saturated carbocycles. The van der Waals surface area contributed by atoms with E-state index in [4.69, 9.17) is 9.47 Å². The van der Waals surface area contributed by atoms with Gasteiger partial charge >= 0.3 is 0 Å². The molecule has 3 aromatic rings. The van der Waals surface area contributed by atoms with Crippen LogP contribution in [0.5, 0.6) is 0 Å². The Balaban J connectivity index is 1.35. The summed E-state index contributed by atoms with van der Waals surface area (Å²) in [5, 5.41) is 0. The van der Waals surface area contributed by atoms with E-state index in [0.717, 1.165) is 37.7 Å². The van der Waals surface area contributed by atoms with Crippen LogP contribution in [0.25, 0.3) is 22.3 Å². The zero-order chi connectivity index (χ0) is 29.0. The fourth-order valence-electron chi connectivity index (χ4n) is 5.43. The molecule has 0 aliphatic carbocycles. The van der Waals surface area contributed by atoms with Crippen molar-refractivity contribution in [2.24, 2.45) is 0 Å². The zero-order valence-electron chi connectivity index (χ0n) is 24.4. The Morgan fingerprint density at radius 3 is 2.05 bits per heavy atom. The molecule has 0 radical (unpaired) electrons. The maximum atomic E-state index is 15.2. The van der Waals surface area contributed by atoms with Crippen LogP contribution < -0.4 is 0 Å². The van der Waals surface area contributed by atoms with Gasteiger partial charge in [-0.3, -0.25) is 0 Å². The van der Waals surface area contributed by atoms with Gasteiger partial charge in [0.1, 0.15) is 5.82 Å². The molecule has 0 N–H and O–H groups in total. The number of hydrogen-bond acceptors (Lipinski definition) is 2. The summed E-state index contributed by atoms with van der Waals surface area (Å²) in [6.45, 7) is 5.17. The normalized spacial score (nSPS) is 17.4. The molecule has 4 rings (SSSR count). The van der Waals surface area contributed by atoms with E-state index in [0.29, 0.717) is 41.9 Å². The van der Waals surface area contributed by atoms with Crippen LogP contribution >= 0.6 is 0 Å². The summed E-state index contributed by atoms with van der Waals surface area (Å²) in [4.78, 5) is 0. The van der Waals surface area contributed by atoms with Gasteiger partial charge in [0.15, 0.2) is 17.9 Å². The lowest BCUT2D eigenvalue weighted by Gasteiger charge is -2.29. The molecule has 1 fully saturated rings. The summed E-state index contributed by atoms with van der Waals surface area (Å²) in [6.07, 6.45) is 14.1. The lowest BCUT2D eigenvalue weighted by molar-refractivity contribution is -0.189. The SMILES string of the molecule is C/C=C/CCC1OCC(c2ccc(-c3ccc(-c4ccc(CCCCCCCCC)c(F)c4F)cc3)c(F)c2)CO1. The van der Waals surface area contributed by atoms with Crippen molar-refractivity contribution in [3.05, 3.63) is 95.3 Å². The molecule has 0 unspecified atom stereocenters. The zero-order valence-corrected chi connectivity index (χ0v) is 24.4. The molecule has 220 valence electrons. The minimum absolute atomic E-state index is 0.0227. The summed E-state index contributed by atoms with van der Waals surface area (Å²) in [6, 6.07) is 15.5. The molecule has 5 heteroatoms. The van der Waals surface area contributed by atoms with Crippen molar-refractivity contribution in [2.75, 3.05) is 13.2 Å². The molecule has 1 heterocycles. The largest absolute Gasteiger partial charge is 0.352 e. The molecule has 0 aromatic heterocycles. The fraction of sp³-hybridized carbons (Fsp3) is 0.444. The lowest BCUT2D eigenvalue weighted by atomic mass is 9.94. The Morgan fingerprint density at radius 1 is 0.756 bits per heavy atom. The molecule has 2 nitrogen and oxygen atoms in total. The maximum absolute atomic E-state index is 15.2. The molecule has 0 spiro atoms. The van der Waals surface area contributed by atoms with E-state index in [1.807, 2.05) is 19.1 Å². The Hall–Kier alpha value is -2.89. The van der Waals surface area contributed by atoms with Crippen molar-refractivity contribution in [3.63, 3.8) is 0 Å². The van der Waals surface area contributed by atoms with Gasteiger partial charge in [0.2, 0.25) is 0 Å². The first kappa shape index (κ1) is 31.1. The number of allylic oxidation sites excluding steroid dienone is 2. The summed E-state index contributed by atoms with van der Waals surface area (Å²) in [5.74, 6) is -1.95. The monoisotopic (exact) mass is 564 g/mol. The summed E-state index contributed by atoms with van der Waals surface area (Å²) < 4.78 is 56.7. The average Bonchev–Trinajstić information content (AvgIpc) is 2.99. The smallest absolute Gasteiger partial charge is 0.166 e. The molecule has 3 aromatic carbocycles. The molecule has 1 aliphatic heterocycles. The summed E-state index contributed by atoms with van der Waals surface area (Å²) in [7, 11) is 0. The van der Waals surface area contributed by atoms with Gasteiger partial charge in [-0.2, -0.15) is 0 Å². The highest BCUT2D eigenvalue weighted by Crippen LogP contribution is 2.32. The fourth-order valence-corrected chi connectivity index (χ4v) is 5.43. The van der Waals surface area contributed by atoms with Gasteiger partial charge in [0.25, 0.3) is 0 Å². The van der Waals surface area contributed by atoms with Crippen molar-refractivity contribution >= 4 is 0 Å². The third kappa shape index (κ3) is 8.56. The molecular formula is C36H43F3O2. The number of hydrogen-bond donors (Lipinski definition) is 0. The van der Waals surface area contributed by atoms with Crippen LogP contribution in [0.1, 0.15) is 88.7 Å². The van der Waals surface area contributed by atoms with Gasteiger partial charge in [-0.25, -0.2) is 13.2 Å². The van der Waals surface area contributed by atoms with E-state index in [-0.39, 0.29) is 23.6 Å². The van der Waals surface area contributed by atoms with E-state index in [9.17, 15) is 4.39 Å². The second-order valence-electron chi connectivity index (χ2n) is 11.0. The van der Waals surface area contributed by atoms with Crippen molar-refractivity contribution in [3.8, 4) is 22.3 Å². The van der Waals surface area contributed by atoms with Crippen molar-refractivity contribution < 1.29 is 22.6 Å². The van der Waals surface area contributed by atoms with E-state index in [1.54, 1.807) is 48.5 Å². The number of benzene rings is 3. The van der Waals surface area contributed by atoms with E-state index in [1.165, 1.54) is 25.7 Å². The van der Waals surface area contributed by atoms with Crippen LogP contribution in [-0.4, -0.2) is 19.5 Å². The standard InChI is InChI=1S/C36H43F3O2/c1-3-5-7-8-9-10-12-13-28-19-22-32(36(39)35(28)38)27-17-15-26(16-18-27)31-21-20-29(23-33(31)37)30-24-40-34(41-25-30)14-11-6-4-2/h4,6,15-23,30,34H,3,5,7-14,24-25H2,1-2H3/b6-4+. The molecule has 1 aliphatic rings. The van der Waals surface area contributed by atoms with Gasteiger partial charge in [-0.1, -0.05) is 106 Å². The van der Waals surface area contributed by atoms with E-state index in [2.05, 4.69) is 13.0 Å². The van der Waals surface area contributed by atoms with Crippen LogP contribution in [0.4, 0.5) is 13.2 Å². The highest BCUT2D eigenvalue weighted by Gasteiger charge is 2.24. The van der Waals surface area contributed by atoms with Crippen molar-refractivity contribution in [1.29, 1.82) is 0 Å². The number of ether oxygens (including phenoxy) is 2. The Bertz CT molecular complexity index is 1260. The lowest BCUT2D eigenvalue weighted by Crippen LogP contribution is -2.30. The second kappa shape index (κ2) is 15.9. The third-order valence-electron chi connectivity index (χ3n) is 7.95. The Labute approximate surface area is 243 Å². The van der Waals surface area contributed by atoms with Crippen LogP contribution in [0.15, 0.2) is 66.7 Å². The van der Waals surface area contributed by atoms with Gasteiger partial charge in [-0.15, -0.1) is 0 Å². The van der Waals surface area contributed by atoms with Gasteiger partial charge in [0.05, 0.1) is 13.2 Å². The highest BCUT2D eigenvalue weighted by molar-refractivity contribution is 5.71. The molecular weight excluding hydrogens is 521 g/mol. The van der Waals surface area contributed by atoms with Crippen molar-refractivity contribution in [1.82, 2.24) is 0 Å². The average molecular weight is 565 g/mol. The first-order valence-corrected chi connectivity index (χ1v) is 15.2. The van der Waals surface area contributed by atoms with Gasteiger partial charge in [-0.05, 0) is 54.5 Å². The molecule has 41 heavy (non-hydrogen) atoms. The maximum Gasteiger partial charge on any atom is 0.166 e. The van der Waals surface area contributed by atoms with Crippen LogP contribution in [0.3, 0.4) is 0 Å². The minimum atomic E-state index is -0.824. The van der Waals surface area contributed by atoms with Crippen molar-refractivity contribution in [2.45, 2.75) is 90.3 Å². The summed E-state index contributed by atoms with van der Waals surface area (Å²) in [5.41, 5.74) is 3.17. The van der Waals surface area contributed by atoms with Gasteiger partial charge in [0, 0.05) is 23.5 Å². The number of rotatable bonds is 14. The predicted molar refractivity (Wildman–Crippen MR) is 161 cm³/mol. The topological polar surface area (TPSA) is 18.5 Å². The van der Waals surface area contributed by atoms with Crippen LogP contribution in [0, 0.1) is 17.5 Å². The first-order chi connectivity index (χ1) is 20.0. The molecule has 0 atom stereocenters. The van der Waals surface area contributed by atoms with Crippen LogP contribution in [-0.2, 0) is 15.9 Å². The van der Waals surface area contributed by atoms with E-state index < -0.39 is 11.6 Å². The Kier molecular flexibility index (Phi) is 12.1. The highest BCUT2D eigenvalue weighted by atomic mass is 19.2. The first-order valence-electron chi connectivity index (χ1n) is 15.2. The van der Waals surface area contributed by atoms with Crippen LogP contribution in [0.2, 0.25) is 0 Å². The molecule has 0 bridgehead atoms. The van der Waals surface area contributed by atoms with Gasteiger partial charge < -0.3 is 9.47 Å². The quantitative estimate of drug-likeness (QED) is 0.143. The Morgan fingerprint density at radius 2 is 1.39 bits per heavy atom. The second-order valence-corrected chi connectivity index (χ2v) is 11.0. The summed E-state index contributed by atoms with van der Waals surface area (Å²) >= 11 is 0. The minimum Gasteiger partial charge on any atom is -0.352 e. The molecule has 0 amide bonds. The number of halogens is 3.